The number of aryl methyl sites for hydroxylation is 2. The van der Waals surface area contributed by atoms with Crippen molar-refractivity contribution in [2.24, 2.45) is 0 Å². The molecule has 0 saturated carbocycles. The number of unbranched alkanes of at least 4 members (excludes halogenated alkanes) is 2. The molecule has 0 atom stereocenters. The Balaban J connectivity index is 2.38. The molecular weight excluding hydrogens is 174 g/mol. The summed E-state index contributed by atoms with van der Waals surface area (Å²) in [6.45, 7) is 8.40. The highest BCUT2D eigenvalue weighted by Crippen LogP contribution is 2.11. The monoisotopic (exact) mass is 195 g/mol. The fourth-order valence-corrected chi connectivity index (χ4v) is 1.44. The Bertz CT molecular complexity index is 265. The van der Waals surface area contributed by atoms with Crippen molar-refractivity contribution >= 4 is 5.82 Å². The van der Waals surface area contributed by atoms with Crippen molar-refractivity contribution in [2.45, 2.75) is 46.6 Å². The van der Waals surface area contributed by atoms with Crippen LogP contribution in [0.15, 0.2) is 6.20 Å². The van der Waals surface area contributed by atoms with Crippen LogP contribution in [0.5, 0.6) is 0 Å². The van der Waals surface area contributed by atoms with E-state index in [2.05, 4.69) is 37.4 Å². The first-order valence-electron chi connectivity index (χ1n) is 5.55. The molecule has 0 aliphatic heterocycles. The average Bonchev–Trinajstić information content (AvgIpc) is 2.54. The number of anilines is 1. The molecule has 0 spiro atoms. The van der Waals surface area contributed by atoms with E-state index in [9.17, 15) is 0 Å². The summed E-state index contributed by atoms with van der Waals surface area (Å²) in [5.41, 5.74) is 1.24. The molecule has 14 heavy (non-hydrogen) atoms. The maximum atomic E-state index is 4.43. The Morgan fingerprint density at radius 2 is 2.14 bits per heavy atom. The molecule has 0 saturated heterocycles. The second kappa shape index (κ2) is 5.68. The normalized spacial score (nSPS) is 10.5. The molecule has 3 nitrogen and oxygen atoms in total. The minimum Gasteiger partial charge on any atom is -0.368 e. The minimum absolute atomic E-state index is 0.942. The zero-order valence-corrected chi connectivity index (χ0v) is 9.51. The second-order valence-electron chi connectivity index (χ2n) is 3.65. The molecule has 0 aliphatic carbocycles. The lowest BCUT2D eigenvalue weighted by Gasteiger charge is -2.02. The van der Waals surface area contributed by atoms with Crippen LogP contribution in [0.1, 0.15) is 38.7 Å². The number of rotatable bonds is 6. The third-order valence-corrected chi connectivity index (χ3v) is 2.34. The topological polar surface area (TPSA) is 29.9 Å². The number of nitrogens with one attached hydrogen (secondary N) is 1. The highest BCUT2D eigenvalue weighted by Gasteiger charge is 2.02. The van der Waals surface area contributed by atoms with Crippen molar-refractivity contribution in [1.82, 2.24) is 9.78 Å². The van der Waals surface area contributed by atoms with Gasteiger partial charge in [0.25, 0.3) is 0 Å². The fraction of sp³-hybridized carbons (Fsp3) is 0.727. The Morgan fingerprint density at radius 1 is 1.36 bits per heavy atom. The van der Waals surface area contributed by atoms with Gasteiger partial charge >= 0.3 is 0 Å². The van der Waals surface area contributed by atoms with Crippen molar-refractivity contribution in [2.75, 3.05) is 11.9 Å². The van der Waals surface area contributed by atoms with E-state index in [1.54, 1.807) is 0 Å². The van der Waals surface area contributed by atoms with Gasteiger partial charge in [-0.3, -0.25) is 4.68 Å². The Hall–Kier alpha value is -0.990. The van der Waals surface area contributed by atoms with E-state index in [-0.39, 0.29) is 0 Å². The lowest BCUT2D eigenvalue weighted by atomic mass is 10.2. The van der Waals surface area contributed by atoms with Crippen LogP contribution in [0, 0.1) is 6.92 Å². The molecule has 0 fully saturated rings. The van der Waals surface area contributed by atoms with Gasteiger partial charge in [-0.1, -0.05) is 19.8 Å². The predicted octanol–water partition coefficient (Wildman–Crippen LogP) is 2.81. The summed E-state index contributed by atoms with van der Waals surface area (Å²) in [5.74, 6) is 1.04. The second-order valence-corrected chi connectivity index (χ2v) is 3.65. The first-order chi connectivity index (χ1) is 6.77. The van der Waals surface area contributed by atoms with Gasteiger partial charge in [-0.15, -0.1) is 0 Å². The summed E-state index contributed by atoms with van der Waals surface area (Å²) >= 11 is 0. The van der Waals surface area contributed by atoms with Crippen LogP contribution in [-0.4, -0.2) is 16.3 Å². The van der Waals surface area contributed by atoms with E-state index in [4.69, 9.17) is 0 Å². The summed E-state index contributed by atoms with van der Waals surface area (Å²) < 4.78 is 1.97. The number of nitrogens with zero attached hydrogens (tertiary/aromatic N) is 2. The van der Waals surface area contributed by atoms with Gasteiger partial charge in [0, 0.05) is 24.8 Å². The van der Waals surface area contributed by atoms with Crippen LogP contribution in [0.4, 0.5) is 5.82 Å². The zero-order valence-electron chi connectivity index (χ0n) is 9.51. The van der Waals surface area contributed by atoms with Crippen LogP contribution in [-0.2, 0) is 6.54 Å². The van der Waals surface area contributed by atoms with Crippen molar-refractivity contribution in [3.8, 4) is 0 Å². The van der Waals surface area contributed by atoms with Crippen molar-refractivity contribution in [3.63, 3.8) is 0 Å². The van der Waals surface area contributed by atoms with Gasteiger partial charge in [0.05, 0.1) is 0 Å². The van der Waals surface area contributed by atoms with Crippen LogP contribution in [0.25, 0.3) is 0 Å². The lowest BCUT2D eigenvalue weighted by molar-refractivity contribution is 0.659. The van der Waals surface area contributed by atoms with Gasteiger partial charge in [0.2, 0.25) is 0 Å². The zero-order chi connectivity index (χ0) is 10.4. The van der Waals surface area contributed by atoms with Crippen LogP contribution < -0.4 is 5.32 Å². The molecule has 1 aromatic rings. The van der Waals surface area contributed by atoms with Gasteiger partial charge in [-0.25, -0.2) is 0 Å². The summed E-state index contributed by atoms with van der Waals surface area (Å²) in [5, 5.41) is 7.80. The molecular formula is C11H21N3. The van der Waals surface area contributed by atoms with E-state index in [1.165, 1.54) is 24.8 Å². The molecule has 1 rings (SSSR count). The SMILES string of the molecule is CCCCCNc1nn(CC)cc1C. The molecule has 0 unspecified atom stereocenters. The predicted molar refractivity (Wildman–Crippen MR) is 60.7 cm³/mol. The molecule has 0 radical (unpaired) electrons. The number of hydrogen-bond donors (Lipinski definition) is 1. The third kappa shape index (κ3) is 3.05. The highest BCUT2D eigenvalue weighted by molar-refractivity contribution is 5.41. The Labute approximate surface area is 86.5 Å². The van der Waals surface area contributed by atoms with E-state index in [0.717, 1.165) is 18.9 Å². The molecule has 0 aromatic carbocycles. The van der Waals surface area contributed by atoms with E-state index < -0.39 is 0 Å². The first kappa shape index (κ1) is 11.1. The summed E-state index contributed by atoms with van der Waals surface area (Å²) in [6.07, 6.45) is 5.88. The van der Waals surface area contributed by atoms with Crippen LogP contribution in [0.2, 0.25) is 0 Å². The summed E-state index contributed by atoms with van der Waals surface area (Å²) in [7, 11) is 0. The third-order valence-electron chi connectivity index (χ3n) is 2.34. The van der Waals surface area contributed by atoms with Crippen molar-refractivity contribution in [3.05, 3.63) is 11.8 Å². The largest absolute Gasteiger partial charge is 0.368 e. The van der Waals surface area contributed by atoms with Gasteiger partial charge in [-0.2, -0.15) is 5.10 Å². The maximum absolute atomic E-state index is 4.43. The van der Waals surface area contributed by atoms with Crippen molar-refractivity contribution in [1.29, 1.82) is 0 Å². The smallest absolute Gasteiger partial charge is 0.150 e. The molecule has 1 heterocycles. The van der Waals surface area contributed by atoms with E-state index >= 15 is 0 Å². The van der Waals surface area contributed by atoms with E-state index in [1.807, 2.05) is 4.68 Å². The van der Waals surface area contributed by atoms with Crippen LogP contribution in [0.3, 0.4) is 0 Å². The Kier molecular flexibility index (Phi) is 4.50. The standard InChI is InChI=1S/C11H21N3/c1-4-6-7-8-12-11-10(3)9-14(5-2)13-11/h9H,4-8H2,1-3H3,(H,12,13). The molecule has 0 amide bonds. The van der Waals surface area contributed by atoms with Gasteiger partial charge in [0.1, 0.15) is 0 Å². The molecule has 0 aliphatic rings. The maximum Gasteiger partial charge on any atom is 0.150 e. The quantitative estimate of drug-likeness (QED) is 0.707. The minimum atomic E-state index is 0.942. The van der Waals surface area contributed by atoms with Gasteiger partial charge < -0.3 is 5.32 Å². The molecule has 0 bridgehead atoms. The van der Waals surface area contributed by atoms with Gasteiger partial charge in [0.15, 0.2) is 5.82 Å². The highest BCUT2D eigenvalue weighted by atomic mass is 15.3. The van der Waals surface area contributed by atoms with Gasteiger partial charge in [-0.05, 0) is 20.3 Å². The van der Waals surface area contributed by atoms with E-state index in [0.29, 0.717) is 0 Å². The number of aromatic nitrogens is 2. The average molecular weight is 195 g/mol. The molecule has 3 heteroatoms. The van der Waals surface area contributed by atoms with Crippen LogP contribution >= 0.6 is 0 Å². The number of hydrogen-bond acceptors (Lipinski definition) is 2. The lowest BCUT2D eigenvalue weighted by Crippen LogP contribution is -2.03. The molecule has 80 valence electrons. The summed E-state index contributed by atoms with van der Waals surface area (Å²) in [4.78, 5) is 0. The first-order valence-corrected chi connectivity index (χ1v) is 5.55. The fourth-order valence-electron chi connectivity index (χ4n) is 1.44. The van der Waals surface area contributed by atoms with Crippen molar-refractivity contribution < 1.29 is 0 Å². The Morgan fingerprint density at radius 3 is 2.71 bits per heavy atom. The molecule has 1 N–H and O–H groups in total. The summed E-state index contributed by atoms with van der Waals surface area (Å²) in [6, 6.07) is 0. The molecule has 1 aromatic heterocycles.